The average Bonchev–Trinajstić information content (AvgIpc) is 2.13. The van der Waals surface area contributed by atoms with Gasteiger partial charge in [0, 0.05) is 17.3 Å². The Morgan fingerprint density at radius 3 is 2.19 bits per heavy atom. The minimum Gasteiger partial charge on any atom is -0.379 e. The summed E-state index contributed by atoms with van der Waals surface area (Å²) in [6.07, 6.45) is 0. The van der Waals surface area contributed by atoms with Crippen LogP contribution >= 0.6 is 10.7 Å². The van der Waals surface area contributed by atoms with Crippen LogP contribution in [0.2, 0.25) is 0 Å². The summed E-state index contributed by atoms with van der Waals surface area (Å²) < 4.78 is 32.4. The third-order valence-electron chi connectivity index (χ3n) is 2.26. The van der Waals surface area contributed by atoms with E-state index in [-0.39, 0.29) is 17.6 Å². The molecule has 0 aliphatic heterocycles. The molecular weight excluding hydrogens is 252 g/mol. The fourth-order valence-corrected chi connectivity index (χ4v) is 2.66. The Labute approximate surface area is 103 Å². The lowest BCUT2D eigenvalue weighted by Crippen LogP contribution is -2.24. The van der Waals surface area contributed by atoms with Crippen LogP contribution in [0.1, 0.15) is 20.8 Å². The summed E-state index contributed by atoms with van der Waals surface area (Å²) in [6.45, 7) is 7.91. The number of hydrogen-bond donors (Lipinski definition) is 0. The SMILES string of the molecule is CCOCCOCC(CS(=O)(=O)Cl)C(C)C. The highest BCUT2D eigenvalue weighted by atomic mass is 35.7. The van der Waals surface area contributed by atoms with E-state index >= 15 is 0 Å². The smallest absolute Gasteiger partial charge is 0.232 e. The van der Waals surface area contributed by atoms with Gasteiger partial charge in [0.15, 0.2) is 0 Å². The van der Waals surface area contributed by atoms with Gasteiger partial charge in [-0.1, -0.05) is 13.8 Å². The van der Waals surface area contributed by atoms with Gasteiger partial charge < -0.3 is 9.47 Å². The van der Waals surface area contributed by atoms with Crippen LogP contribution in [0.5, 0.6) is 0 Å². The zero-order chi connectivity index (χ0) is 12.6. The first-order chi connectivity index (χ1) is 7.37. The van der Waals surface area contributed by atoms with Gasteiger partial charge in [0.1, 0.15) is 0 Å². The van der Waals surface area contributed by atoms with Crippen LogP contribution in [-0.2, 0) is 18.5 Å². The monoisotopic (exact) mass is 272 g/mol. The summed E-state index contributed by atoms with van der Waals surface area (Å²) in [6, 6.07) is 0. The van der Waals surface area contributed by atoms with Crippen molar-refractivity contribution in [3.05, 3.63) is 0 Å². The molecule has 0 aliphatic carbocycles. The van der Waals surface area contributed by atoms with Gasteiger partial charge in [0.05, 0.1) is 25.6 Å². The molecule has 0 bridgehead atoms. The predicted octanol–water partition coefficient (Wildman–Crippen LogP) is 1.88. The molecule has 0 aromatic carbocycles. The number of ether oxygens (including phenoxy) is 2. The summed E-state index contributed by atoms with van der Waals surface area (Å²) in [5.74, 6) is 0.116. The maximum absolute atomic E-state index is 11.0. The topological polar surface area (TPSA) is 52.6 Å². The van der Waals surface area contributed by atoms with Gasteiger partial charge in [-0.15, -0.1) is 0 Å². The molecule has 4 nitrogen and oxygen atoms in total. The molecule has 1 unspecified atom stereocenters. The summed E-state index contributed by atoms with van der Waals surface area (Å²) in [5, 5.41) is 0. The van der Waals surface area contributed by atoms with Crippen molar-refractivity contribution < 1.29 is 17.9 Å². The first kappa shape index (κ1) is 16.2. The highest BCUT2D eigenvalue weighted by Gasteiger charge is 2.20. The van der Waals surface area contributed by atoms with Gasteiger partial charge in [-0.2, -0.15) is 0 Å². The fraction of sp³-hybridized carbons (Fsp3) is 1.00. The molecule has 6 heteroatoms. The molecule has 0 aromatic heterocycles. The summed E-state index contributed by atoms with van der Waals surface area (Å²) in [4.78, 5) is 0. The van der Waals surface area contributed by atoms with Gasteiger partial charge in [-0.25, -0.2) is 8.42 Å². The van der Waals surface area contributed by atoms with Crippen LogP contribution in [0.4, 0.5) is 0 Å². The maximum atomic E-state index is 11.0. The van der Waals surface area contributed by atoms with Gasteiger partial charge in [0.2, 0.25) is 9.05 Å². The lowest BCUT2D eigenvalue weighted by molar-refractivity contribution is 0.0338. The normalized spacial score (nSPS) is 14.3. The van der Waals surface area contributed by atoms with E-state index < -0.39 is 9.05 Å². The molecule has 0 fully saturated rings. The maximum Gasteiger partial charge on any atom is 0.232 e. The fourth-order valence-electron chi connectivity index (χ4n) is 1.19. The molecule has 0 N–H and O–H groups in total. The first-order valence-corrected chi connectivity index (χ1v) is 7.92. The van der Waals surface area contributed by atoms with Gasteiger partial charge in [0.25, 0.3) is 0 Å². The molecular formula is C10H21ClO4S. The van der Waals surface area contributed by atoms with E-state index in [1.54, 1.807) is 0 Å². The highest BCUT2D eigenvalue weighted by molar-refractivity contribution is 8.13. The number of hydrogen-bond acceptors (Lipinski definition) is 4. The molecule has 0 spiro atoms. The Balaban J connectivity index is 3.87. The van der Waals surface area contributed by atoms with Gasteiger partial charge in [-0.05, 0) is 18.8 Å². The number of rotatable bonds is 9. The van der Waals surface area contributed by atoms with E-state index in [0.717, 1.165) is 0 Å². The molecule has 0 saturated heterocycles. The van der Waals surface area contributed by atoms with Crippen molar-refractivity contribution in [2.45, 2.75) is 20.8 Å². The van der Waals surface area contributed by atoms with Crippen LogP contribution in [0.3, 0.4) is 0 Å². The van der Waals surface area contributed by atoms with E-state index in [1.165, 1.54) is 0 Å². The second-order valence-corrected chi connectivity index (χ2v) is 6.80. The molecule has 16 heavy (non-hydrogen) atoms. The van der Waals surface area contributed by atoms with E-state index in [9.17, 15) is 8.42 Å². The molecule has 0 aromatic rings. The standard InChI is InChI=1S/C10H21ClO4S/c1-4-14-5-6-15-7-10(9(2)3)8-16(11,12)13/h9-10H,4-8H2,1-3H3. The van der Waals surface area contributed by atoms with E-state index in [1.807, 2.05) is 20.8 Å². The van der Waals surface area contributed by atoms with Crippen molar-refractivity contribution in [3.8, 4) is 0 Å². The Morgan fingerprint density at radius 1 is 1.19 bits per heavy atom. The van der Waals surface area contributed by atoms with Crippen LogP contribution in [-0.4, -0.2) is 40.6 Å². The largest absolute Gasteiger partial charge is 0.379 e. The summed E-state index contributed by atoms with van der Waals surface area (Å²) in [7, 11) is 1.77. The molecule has 0 radical (unpaired) electrons. The van der Waals surface area contributed by atoms with Gasteiger partial charge in [-0.3, -0.25) is 0 Å². The molecule has 0 aliphatic rings. The van der Waals surface area contributed by atoms with Gasteiger partial charge >= 0.3 is 0 Å². The quantitative estimate of drug-likeness (QED) is 0.475. The molecule has 0 rings (SSSR count). The molecule has 0 saturated carbocycles. The van der Waals surface area contributed by atoms with Crippen LogP contribution in [0.15, 0.2) is 0 Å². The predicted molar refractivity (Wildman–Crippen MR) is 65.3 cm³/mol. The zero-order valence-corrected chi connectivity index (χ0v) is 11.7. The first-order valence-electron chi connectivity index (χ1n) is 5.44. The number of halogens is 1. The lowest BCUT2D eigenvalue weighted by atomic mass is 9.99. The minimum absolute atomic E-state index is 0.0408. The Bertz CT molecular complexity index is 264. The summed E-state index contributed by atoms with van der Waals surface area (Å²) in [5.41, 5.74) is 0. The lowest BCUT2D eigenvalue weighted by Gasteiger charge is -2.19. The van der Waals surface area contributed by atoms with Crippen molar-refractivity contribution >= 4 is 19.7 Å². The summed E-state index contributed by atoms with van der Waals surface area (Å²) >= 11 is 0. The van der Waals surface area contributed by atoms with Crippen LogP contribution in [0, 0.1) is 11.8 Å². The second-order valence-electron chi connectivity index (χ2n) is 3.98. The Kier molecular flexibility index (Phi) is 8.36. The molecule has 0 amide bonds. The average molecular weight is 273 g/mol. The zero-order valence-electron chi connectivity index (χ0n) is 10.1. The van der Waals surface area contributed by atoms with E-state index in [4.69, 9.17) is 20.2 Å². The van der Waals surface area contributed by atoms with E-state index in [2.05, 4.69) is 0 Å². The second kappa shape index (κ2) is 8.28. The molecule has 98 valence electrons. The highest BCUT2D eigenvalue weighted by Crippen LogP contribution is 2.16. The molecule has 1 atom stereocenters. The third-order valence-corrected chi connectivity index (χ3v) is 3.47. The van der Waals surface area contributed by atoms with Crippen LogP contribution in [0.25, 0.3) is 0 Å². The minimum atomic E-state index is -3.45. The van der Waals surface area contributed by atoms with Crippen molar-refractivity contribution in [2.75, 3.05) is 32.2 Å². The Hall–Kier alpha value is 0.160. The van der Waals surface area contributed by atoms with Crippen molar-refractivity contribution in [1.29, 1.82) is 0 Å². The van der Waals surface area contributed by atoms with Crippen molar-refractivity contribution in [1.82, 2.24) is 0 Å². The Morgan fingerprint density at radius 2 is 1.75 bits per heavy atom. The van der Waals surface area contributed by atoms with Crippen molar-refractivity contribution in [3.63, 3.8) is 0 Å². The molecule has 0 heterocycles. The van der Waals surface area contributed by atoms with Crippen molar-refractivity contribution in [2.24, 2.45) is 11.8 Å². The third kappa shape index (κ3) is 9.39. The van der Waals surface area contributed by atoms with Crippen LogP contribution < -0.4 is 0 Å². The van der Waals surface area contributed by atoms with E-state index in [0.29, 0.717) is 26.4 Å².